The molecule has 0 amide bonds. The summed E-state index contributed by atoms with van der Waals surface area (Å²) >= 11 is 1.20. The molecule has 0 saturated heterocycles. The molecule has 1 aliphatic carbocycles. The lowest BCUT2D eigenvalue weighted by Gasteiger charge is -1.97. The van der Waals surface area contributed by atoms with Gasteiger partial charge in [-0.25, -0.2) is 14.2 Å². The maximum atomic E-state index is 13.1. The molecule has 0 radical (unpaired) electrons. The highest BCUT2D eigenvalue weighted by Crippen LogP contribution is 2.42. The molecule has 1 N–H and O–H groups in total. The molecule has 1 aromatic carbocycles. The van der Waals surface area contributed by atoms with E-state index >= 15 is 0 Å². The summed E-state index contributed by atoms with van der Waals surface area (Å²) in [5, 5.41) is 9.92. The molecule has 5 heteroatoms. The van der Waals surface area contributed by atoms with Crippen LogP contribution in [0.1, 0.15) is 44.7 Å². The number of hydrogen-bond donors (Lipinski definition) is 1. The average Bonchev–Trinajstić information content (AvgIpc) is 3.11. The Balaban J connectivity index is 1.89. The Labute approximate surface area is 113 Å². The number of carboxylic acids is 1. The summed E-state index contributed by atoms with van der Waals surface area (Å²) in [7, 11) is 0. The van der Waals surface area contributed by atoms with Gasteiger partial charge in [0, 0.05) is 12.3 Å². The van der Waals surface area contributed by atoms with E-state index in [4.69, 9.17) is 0 Å². The van der Waals surface area contributed by atoms with Crippen LogP contribution in [0.25, 0.3) is 0 Å². The summed E-state index contributed by atoms with van der Waals surface area (Å²) in [5.74, 6) is -0.886. The predicted octanol–water partition coefficient (Wildman–Crippen LogP) is 3.45. The number of aromatic carboxylic acids is 1. The zero-order valence-corrected chi connectivity index (χ0v) is 10.9. The van der Waals surface area contributed by atoms with Crippen LogP contribution in [0.5, 0.6) is 0 Å². The minimum Gasteiger partial charge on any atom is -0.477 e. The van der Waals surface area contributed by atoms with Crippen molar-refractivity contribution < 1.29 is 14.3 Å². The second kappa shape index (κ2) is 4.74. The van der Waals surface area contributed by atoms with Gasteiger partial charge >= 0.3 is 5.97 Å². The second-order valence-corrected chi connectivity index (χ2v) is 5.79. The molecule has 1 aromatic heterocycles. The van der Waals surface area contributed by atoms with Crippen LogP contribution in [-0.2, 0) is 6.42 Å². The van der Waals surface area contributed by atoms with E-state index in [1.165, 1.54) is 23.5 Å². The largest absolute Gasteiger partial charge is 0.477 e. The fourth-order valence-electron chi connectivity index (χ4n) is 2.06. The van der Waals surface area contributed by atoms with Crippen molar-refractivity contribution >= 4 is 17.3 Å². The van der Waals surface area contributed by atoms with Crippen molar-refractivity contribution in [3.63, 3.8) is 0 Å². The average molecular weight is 277 g/mol. The van der Waals surface area contributed by atoms with Gasteiger partial charge in [-0.05, 0) is 30.5 Å². The number of carboxylic acid groups (broad SMARTS) is 1. The monoisotopic (exact) mass is 277 g/mol. The van der Waals surface area contributed by atoms with Gasteiger partial charge in [0.1, 0.15) is 10.7 Å². The maximum absolute atomic E-state index is 13.1. The Bertz CT molecular complexity index is 634. The third kappa shape index (κ3) is 2.66. The van der Waals surface area contributed by atoms with Gasteiger partial charge in [-0.15, -0.1) is 11.3 Å². The molecule has 1 fully saturated rings. The Morgan fingerprint density at radius 2 is 2.26 bits per heavy atom. The number of rotatable bonds is 4. The molecule has 3 nitrogen and oxygen atoms in total. The molecular weight excluding hydrogens is 265 g/mol. The number of aromatic nitrogens is 1. The van der Waals surface area contributed by atoms with Crippen LogP contribution in [0.15, 0.2) is 24.3 Å². The van der Waals surface area contributed by atoms with Crippen LogP contribution >= 0.6 is 11.3 Å². The molecule has 2 aromatic rings. The van der Waals surface area contributed by atoms with Gasteiger partial charge in [0.05, 0.1) is 10.7 Å². The third-order valence-corrected chi connectivity index (χ3v) is 4.16. The first-order chi connectivity index (χ1) is 9.13. The van der Waals surface area contributed by atoms with E-state index in [-0.39, 0.29) is 5.82 Å². The number of carbonyl (C=O) groups is 1. The highest BCUT2D eigenvalue weighted by atomic mass is 32.1. The molecule has 0 unspecified atom stereocenters. The lowest BCUT2D eigenvalue weighted by molar-refractivity contribution is 0.0700. The first kappa shape index (κ1) is 12.3. The first-order valence-electron chi connectivity index (χ1n) is 6.11. The van der Waals surface area contributed by atoms with E-state index in [0.717, 1.165) is 23.4 Å². The number of benzene rings is 1. The molecule has 19 heavy (non-hydrogen) atoms. The summed E-state index contributed by atoms with van der Waals surface area (Å²) in [6, 6.07) is 6.32. The van der Waals surface area contributed by atoms with Crippen molar-refractivity contribution in [3.05, 3.63) is 51.2 Å². The van der Waals surface area contributed by atoms with Crippen molar-refractivity contribution in [2.45, 2.75) is 25.2 Å². The third-order valence-electron chi connectivity index (χ3n) is 3.10. The number of hydrogen-bond acceptors (Lipinski definition) is 3. The fourth-order valence-corrected chi connectivity index (χ4v) is 3.08. The lowest BCUT2D eigenvalue weighted by atomic mass is 10.1. The van der Waals surface area contributed by atoms with Crippen LogP contribution < -0.4 is 0 Å². The van der Waals surface area contributed by atoms with Crippen LogP contribution in [-0.4, -0.2) is 16.1 Å². The van der Waals surface area contributed by atoms with Crippen molar-refractivity contribution in [2.24, 2.45) is 0 Å². The maximum Gasteiger partial charge on any atom is 0.347 e. The first-order valence-corrected chi connectivity index (χ1v) is 6.92. The Morgan fingerprint density at radius 1 is 1.47 bits per heavy atom. The van der Waals surface area contributed by atoms with E-state index in [1.54, 1.807) is 6.07 Å². The van der Waals surface area contributed by atoms with Gasteiger partial charge < -0.3 is 5.11 Å². The highest BCUT2D eigenvalue weighted by Gasteiger charge is 2.31. The molecule has 0 atom stereocenters. The quantitative estimate of drug-likeness (QED) is 0.931. The van der Waals surface area contributed by atoms with Crippen LogP contribution in [0, 0.1) is 5.82 Å². The molecule has 0 aliphatic heterocycles. The summed E-state index contributed by atoms with van der Waals surface area (Å²) in [5.41, 5.74) is 1.52. The van der Waals surface area contributed by atoms with Gasteiger partial charge in [-0.1, -0.05) is 12.1 Å². The molecule has 3 rings (SSSR count). The van der Waals surface area contributed by atoms with Crippen LogP contribution in [0.2, 0.25) is 0 Å². The summed E-state index contributed by atoms with van der Waals surface area (Å²) in [6.07, 6.45) is 2.52. The number of nitrogens with zero attached hydrogens (tertiary/aromatic N) is 1. The molecule has 1 saturated carbocycles. The standard InChI is InChI=1S/C14H12FNO2S/c15-10-3-1-2-8(6-10)7-11-16-12(9-4-5-9)13(19-11)14(17)18/h1-3,6,9H,4-5,7H2,(H,17,18). The summed E-state index contributed by atoms with van der Waals surface area (Å²) in [6.45, 7) is 0. The van der Waals surface area contributed by atoms with Gasteiger partial charge in [-0.3, -0.25) is 0 Å². The Hall–Kier alpha value is -1.75. The second-order valence-electron chi connectivity index (χ2n) is 4.71. The Kier molecular flexibility index (Phi) is 3.06. The minimum absolute atomic E-state index is 0.282. The van der Waals surface area contributed by atoms with Crippen molar-refractivity contribution in [2.75, 3.05) is 0 Å². The van der Waals surface area contributed by atoms with Crippen molar-refractivity contribution in [1.29, 1.82) is 0 Å². The Morgan fingerprint density at radius 3 is 2.89 bits per heavy atom. The minimum atomic E-state index is -0.912. The number of thiazole rings is 1. The van der Waals surface area contributed by atoms with E-state index < -0.39 is 5.97 Å². The van der Waals surface area contributed by atoms with Crippen LogP contribution in [0.4, 0.5) is 4.39 Å². The van der Waals surface area contributed by atoms with Gasteiger partial charge in [0.25, 0.3) is 0 Å². The van der Waals surface area contributed by atoms with Gasteiger partial charge in [0.2, 0.25) is 0 Å². The predicted molar refractivity (Wildman–Crippen MR) is 70.3 cm³/mol. The highest BCUT2D eigenvalue weighted by molar-refractivity contribution is 7.13. The fraction of sp³-hybridized carbons (Fsp3) is 0.286. The smallest absolute Gasteiger partial charge is 0.347 e. The van der Waals surface area contributed by atoms with E-state index in [1.807, 2.05) is 6.07 Å². The zero-order chi connectivity index (χ0) is 13.4. The SMILES string of the molecule is O=C(O)c1sc(Cc2cccc(F)c2)nc1C1CC1. The van der Waals surface area contributed by atoms with Gasteiger partial charge in [0.15, 0.2) is 0 Å². The normalized spacial score (nSPS) is 14.6. The number of halogens is 1. The zero-order valence-electron chi connectivity index (χ0n) is 10.1. The van der Waals surface area contributed by atoms with E-state index in [0.29, 0.717) is 22.9 Å². The summed E-state index contributed by atoms with van der Waals surface area (Å²) < 4.78 is 13.1. The molecule has 1 aliphatic rings. The molecule has 0 bridgehead atoms. The topological polar surface area (TPSA) is 50.2 Å². The molecule has 98 valence electrons. The van der Waals surface area contributed by atoms with Crippen molar-refractivity contribution in [3.8, 4) is 0 Å². The molecule has 0 spiro atoms. The molecular formula is C14H12FNO2S. The van der Waals surface area contributed by atoms with Crippen LogP contribution in [0.3, 0.4) is 0 Å². The summed E-state index contributed by atoms with van der Waals surface area (Å²) in [4.78, 5) is 16.0. The lowest BCUT2D eigenvalue weighted by Crippen LogP contribution is -1.97. The molecule has 1 heterocycles. The van der Waals surface area contributed by atoms with E-state index in [9.17, 15) is 14.3 Å². The van der Waals surface area contributed by atoms with Crippen molar-refractivity contribution in [1.82, 2.24) is 4.98 Å². The van der Waals surface area contributed by atoms with E-state index in [2.05, 4.69) is 4.98 Å². The van der Waals surface area contributed by atoms with Gasteiger partial charge in [-0.2, -0.15) is 0 Å².